The smallest absolute Gasteiger partial charge is 0.252 e. The van der Waals surface area contributed by atoms with E-state index in [0.29, 0.717) is 29.1 Å². The van der Waals surface area contributed by atoms with E-state index in [-0.39, 0.29) is 17.9 Å². The minimum Gasteiger partial charge on any atom is -0.347 e. The number of imidazole rings is 1. The lowest BCUT2D eigenvalue weighted by molar-refractivity contribution is 0.0931. The van der Waals surface area contributed by atoms with Gasteiger partial charge in [-0.1, -0.05) is 18.2 Å². The molecule has 2 amide bonds. The summed E-state index contributed by atoms with van der Waals surface area (Å²) in [5, 5.41) is 11.2. The van der Waals surface area contributed by atoms with Crippen LogP contribution >= 0.6 is 0 Å². The molecule has 3 N–H and O–H groups in total. The Hall–Kier alpha value is -4.79. The van der Waals surface area contributed by atoms with Crippen molar-refractivity contribution in [1.29, 1.82) is 0 Å². The highest BCUT2D eigenvalue weighted by molar-refractivity contribution is 5.99. The van der Waals surface area contributed by atoms with Gasteiger partial charge >= 0.3 is 0 Å². The van der Waals surface area contributed by atoms with Gasteiger partial charge in [0.25, 0.3) is 11.8 Å². The highest BCUT2D eigenvalue weighted by Crippen LogP contribution is 2.29. The highest BCUT2D eigenvalue weighted by Gasteiger charge is 2.18. The Morgan fingerprint density at radius 2 is 1.95 bits per heavy atom. The van der Waals surface area contributed by atoms with Crippen LogP contribution in [-0.4, -0.2) is 36.5 Å². The van der Waals surface area contributed by atoms with E-state index in [1.807, 2.05) is 57.4 Å². The van der Waals surface area contributed by atoms with Crippen LogP contribution in [0.3, 0.4) is 0 Å². The molecular formula is C28H27N7O2. The Morgan fingerprint density at radius 1 is 1.11 bits per heavy atom. The summed E-state index contributed by atoms with van der Waals surface area (Å²) >= 11 is 0. The SMILES string of the molecule is Cc1cc(C(=O)NCc2ncc[nH]2)ccc1C(=O)N[C@H](C)c1cc(-c2cnn(C)c2)nc2ccccc12. The number of carbonyl (C=O) groups excluding carboxylic acids is 2. The first-order valence-corrected chi connectivity index (χ1v) is 12.0. The zero-order chi connectivity index (χ0) is 25.9. The number of fused-ring (bicyclic) bond motifs is 1. The third kappa shape index (κ3) is 5.11. The molecule has 5 aromatic rings. The Balaban J connectivity index is 1.36. The zero-order valence-electron chi connectivity index (χ0n) is 20.8. The average Bonchev–Trinajstić information content (AvgIpc) is 3.58. The third-order valence-electron chi connectivity index (χ3n) is 6.27. The molecule has 3 heterocycles. The maximum absolute atomic E-state index is 13.3. The van der Waals surface area contributed by atoms with E-state index < -0.39 is 0 Å². The van der Waals surface area contributed by atoms with Gasteiger partial charge in [-0.3, -0.25) is 14.3 Å². The van der Waals surface area contributed by atoms with E-state index in [4.69, 9.17) is 4.98 Å². The van der Waals surface area contributed by atoms with Crippen LogP contribution in [0.4, 0.5) is 0 Å². The average molecular weight is 494 g/mol. The van der Waals surface area contributed by atoms with Gasteiger partial charge in [-0.15, -0.1) is 0 Å². The number of rotatable bonds is 7. The van der Waals surface area contributed by atoms with Crippen LogP contribution in [0.15, 0.2) is 73.3 Å². The number of carbonyl (C=O) groups is 2. The quantitative estimate of drug-likeness (QED) is 0.316. The molecular weight excluding hydrogens is 466 g/mol. The minimum atomic E-state index is -0.286. The molecule has 37 heavy (non-hydrogen) atoms. The summed E-state index contributed by atoms with van der Waals surface area (Å²) in [7, 11) is 1.87. The summed E-state index contributed by atoms with van der Waals surface area (Å²) < 4.78 is 1.74. The molecule has 186 valence electrons. The molecule has 1 atom stereocenters. The molecule has 0 saturated heterocycles. The number of aromatic amines is 1. The van der Waals surface area contributed by atoms with Crippen LogP contribution in [0.25, 0.3) is 22.2 Å². The number of amides is 2. The lowest BCUT2D eigenvalue weighted by atomic mass is 9.99. The standard InChI is InChI=1S/C28H27N7O2/c1-17-12-19(27(36)31-15-26-29-10-11-30-26)8-9-21(17)28(37)33-18(2)23-13-25(20-14-32-35(3)16-20)34-24-7-5-4-6-22(23)24/h4-14,16,18H,15H2,1-3H3,(H,29,30)(H,31,36)(H,33,37)/t18-/m1/s1. The fourth-order valence-corrected chi connectivity index (χ4v) is 4.33. The fraction of sp³-hybridized carbons (Fsp3) is 0.179. The fourth-order valence-electron chi connectivity index (χ4n) is 4.33. The van der Waals surface area contributed by atoms with Gasteiger partial charge in [0.15, 0.2) is 0 Å². The molecule has 0 aliphatic heterocycles. The number of nitrogens with one attached hydrogen (secondary N) is 3. The van der Waals surface area contributed by atoms with Crippen LogP contribution in [-0.2, 0) is 13.6 Å². The van der Waals surface area contributed by atoms with E-state index >= 15 is 0 Å². The van der Waals surface area contributed by atoms with E-state index in [0.717, 1.165) is 27.7 Å². The van der Waals surface area contributed by atoms with E-state index in [1.165, 1.54) is 0 Å². The normalized spacial score (nSPS) is 11.9. The molecule has 0 spiro atoms. The second-order valence-electron chi connectivity index (χ2n) is 8.96. The van der Waals surface area contributed by atoms with E-state index in [1.54, 1.807) is 41.5 Å². The summed E-state index contributed by atoms with van der Waals surface area (Å²) in [6, 6.07) is 14.7. The number of hydrogen-bond acceptors (Lipinski definition) is 5. The second-order valence-corrected chi connectivity index (χ2v) is 8.96. The van der Waals surface area contributed by atoms with Gasteiger partial charge < -0.3 is 15.6 Å². The van der Waals surface area contributed by atoms with Crippen molar-refractivity contribution in [2.24, 2.45) is 7.05 Å². The number of pyridine rings is 1. The number of H-pyrrole nitrogens is 1. The predicted molar refractivity (Wildman–Crippen MR) is 141 cm³/mol. The summed E-state index contributed by atoms with van der Waals surface area (Å²) in [6.07, 6.45) is 7.03. The molecule has 0 radical (unpaired) electrons. The molecule has 3 aromatic heterocycles. The lowest BCUT2D eigenvalue weighted by Crippen LogP contribution is -2.28. The molecule has 0 aliphatic rings. The Kier molecular flexibility index (Phi) is 6.51. The van der Waals surface area contributed by atoms with Crippen LogP contribution in [0, 0.1) is 6.92 Å². The molecule has 5 rings (SSSR count). The lowest BCUT2D eigenvalue weighted by Gasteiger charge is -2.18. The van der Waals surface area contributed by atoms with Crippen molar-refractivity contribution in [2.45, 2.75) is 26.4 Å². The molecule has 0 fully saturated rings. The van der Waals surface area contributed by atoms with Gasteiger partial charge in [-0.2, -0.15) is 5.10 Å². The monoisotopic (exact) mass is 493 g/mol. The van der Waals surface area contributed by atoms with Crippen LogP contribution in [0.1, 0.15) is 50.6 Å². The van der Waals surface area contributed by atoms with Crippen molar-refractivity contribution < 1.29 is 9.59 Å². The maximum Gasteiger partial charge on any atom is 0.252 e. The number of hydrogen-bond donors (Lipinski definition) is 3. The number of para-hydroxylation sites is 1. The van der Waals surface area contributed by atoms with Crippen molar-refractivity contribution in [3.8, 4) is 11.3 Å². The highest BCUT2D eigenvalue weighted by atomic mass is 16.2. The van der Waals surface area contributed by atoms with Crippen LogP contribution in [0.5, 0.6) is 0 Å². The molecule has 0 bridgehead atoms. The Bertz CT molecular complexity index is 1590. The first-order valence-electron chi connectivity index (χ1n) is 12.0. The predicted octanol–water partition coefficient (Wildman–Crippen LogP) is 4.09. The first kappa shape index (κ1) is 23.9. The van der Waals surface area contributed by atoms with Crippen LogP contribution in [0.2, 0.25) is 0 Å². The maximum atomic E-state index is 13.3. The largest absolute Gasteiger partial charge is 0.347 e. The molecule has 0 saturated carbocycles. The molecule has 0 unspecified atom stereocenters. The van der Waals surface area contributed by atoms with Gasteiger partial charge in [0.1, 0.15) is 5.82 Å². The molecule has 9 heteroatoms. The van der Waals surface area contributed by atoms with Crippen molar-refractivity contribution in [3.63, 3.8) is 0 Å². The first-order chi connectivity index (χ1) is 17.9. The number of aromatic nitrogens is 5. The summed E-state index contributed by atoms with van der Waals surface area (Å²) in [5.74, 6) is 0.229. The van der Waals surface area contributed by atoms with E-state index in [2.05, 4.69) is 25.7 Å². The summed E-state index contributed by atoms with van der Waals surface area (Å²) in [6.45, 7) is 4.08. The second kappa shape index (κ2) is 10.1. The van der Waals surface area contributed by atoms with Crippen molar-refractivity contribution in [3.05, 3.63) is 101 Å². The number of aryl methyl sites for hydroxylation is 2. The summed E-state index contributed by atoms with van der Waals surface area (Å²) in [4.78, 5) is 37.6. The Labute approximate surface area is 214 Å². The molecule has 9 nitrogen and oxygen atoms in total. The van der Waals surface area contributed by atoms with Gasteiger partial charge in [0.2, 0.25) is 0 Å². The van der Waals surface area contributed by atoms with Crippen molar-refractivity contribution >= 4 is 22.7 Å². The van der Waals surface area contributed by atoms with Gasteiger partial charge in [0.05, 0.1) is 30.0 Å². The topological polar surface area (TPSA) is 118 Å². The molecule has 0 aliphatic carbocycles. The van der Waals surface area contributed by atoms with Crippen molar-refractivity contribution in [1.82, 2.24) is 35.4 Å². The number of benzene rings is 2. The molecule has 2 aromatic carbocycles. The van der Waals surface area contributed by atoms with E-state index in [9.17, 15) is 9.59 Å². The minimum absolute atomic E-state index is 0.212. The van der Waals surface area contributed by atoms with Gasteiger partial charge in [-0.25, -0.2) is 9.97 Å². The Morgan fingerprint density at radius 3 is 2.68 bits per heavy atom. The zero-order valence-corrected chi connectivity index (χ0v) is 20.8. The van der Waals surface area contributed by atoms with Crippen molar-refractivity contribution in [2.75, 3.05) is 0 Å². The third-order valence-corrected chi connectivity index (χ3v) is 6.27. The summed E-state index contributed by atoms with van der Waals surface area (Å²) in [5.41, 5.74) is 5.22. The number of nitrogens with zero attached hydrogens (tertiary/aromatic N) is 4. The van der Waals surface area contributed by atoms with Gasteiger partial charge in [0, 0.05) is 47.7 Å². The van der Waals surface area contributed by atoms with Gasteiger partial charge in [-0.05, 0) is 55.3 Å². The van der Waals surface area contributed by atoms with Crippen LogP contribution < -0.4 is 10.6 Å².